The summed E-state index contributed by atoms with van der Waals surface area (Å²) in [5.74, 6) is 1.55. The van der Waals surface area contributed by atoms with Crippen LogP contribution >= 0.6 is 24.0 Å². The van der Waals surface area contributed by atoms with Gasteiger partial charge in [0.15, 0.2) is 5.96 Å². The van der Waals surface area contributed by atoms with Gasteiger partial charge in [-0.1, -0.05) is 19.8 Å². The van der Waals surface area contributed by atoms with Crippen LogP contribution in [0.2, 0.25) is 0 Å². The topological polar surface area (TPSA) is 60.0 Å². The van der Waals surface area contributed by atoms with Crippen molar-refractivity contribution in [1.29, 1.82) is 0 Å². The molecule has 26 heavy (non-hydrogen) atoms. The molecule has 6 nitrogen and oxygen atoms in total. The van der Waals surface area contributed by atoms with E-state index in [-0.39, 0.29) is 24.0 Å². The highest BCUT2D eigenvalue weighted by molar-refractivity contribution is 14.0. The molecule has 2 atom stereocenters. The number of nitrogens with one attached hydrogen (secondary N) is 2. The Hall–Kier alpha value is -0.570. The number of amides is 1. The Balaban J connectivity index is 0.00000243. The summed E-state index contributed by atoms with van der Waals surface area (Å²) in [6.45, 7) is 7.23. The maximum atomic E-state index is 12.6. The molecule has 2 saturated heterocycles. The van der Waals surface area contributed by atoms with E-state index in [2.05, 4.69) is 32.3 Å². The van der Waals surface area contributed by atoms with Crippen molar-refractivity contribution in [2.24, 2.45) is 10.9 Å². The van der Waals surface area contributed by atoms with Crippen molar-refractivity contribution in [3.63, 3.8) is 0 Å². The second-order valence-corrected chi connectivity index (χ2v) is 7.77. The molecule has 1 amide bonds. The fourth-order valence-corrected chi connectivity index (χ4v) is 4.65. The van der Waals surface area contributed by atoms with E-state index < -0.39 is 0 Å². The van der Waals surface area contributed by atoms with E-state index in [0.717, 1.165) is 51.4 Å². The molecule has 3 fully saturated rings. The van der Waals surface area contributed by atoms with Crippen LogP contribution in [0.3, 0.4) is 0 Å². The number of likely N-dealkylation sites (tertiary alicyclic amines) is 2. The van der Waals surface area contributed by atoms with Gasteiger partial charge in [0.05, 0.1) is 0 Å². The minimum absolute atomic E-state index is 0. The number of carbonyl (C=O) groups excluding carboxylic acids is 1. The highest BCUT2D eigenvalue weighted by atomic mass is 127. The zero-order valence-corrected chi connectivity index (χ0v) is 18.7. The molecule has 1 saturated carbocycles. The lowest BCUT2D eigenvalue weighted by molar-refractivity contribution is -0.134. The molecule has 0 bridgehead atoms. The first-order valence-electron chi connectivity index (χ1n) is 10.2. The third-order valence-corrected chi connectivity index (χ3v) is 6.18. The van der Waals surface area contributed by atoms with Crippen LogP contribution in [0, 0.1) is 5.92 Å². The van der Waals surface area contributed by atoms with Gasteiger partial charge in [0.25, 0.3) is 0 Å². The van der Waals surface area contributed by atoms with Crippen LogP contribution in [0.1, 0.15) is 51.9 Å². The molecule has 2 aliphatic heterocycles. The number of aliphatic imine (C=N–C) groups is 1. The van der Waals surface area contributed by atoms with Gasteiger partial charge < -0.3 is 15.5 Å². The molecular weight excluding hydrogens is 441 g/mol. The molecule has 0 aromatic carbocycles. The first kappa shape index (κ1) is 21.7. The summed E-state index contributed by atoms with van der Waals surface area (Å²) >= 11 is 0. The van der Waals surface area contributed by atoms with Crippen molar-refractivity contribution in [2.45, 2.75) is 64.0 Å². The van der Waals surface area contributed by atoms with Gasteiger partial charge in [-0.2, -0.15) is 0 Å². The van der Waals surface area contributed by atoms with E-state index in [0.29, 0.717) is 23.9 Å². The summed E-state index contributed by atoms with van der Waals surface area (Å²) in [5.41, 5.74) is 0. The van der Waals surface area contributed by atoms with E-state index in [4.69, 9.17) is 0 Å². The molecule has 1 aliphatic carbocycles. The molecule has 0 aromatic rings. The van der Waals surface area contributed by atoms with Gasteiger partial charge in [-0.05, 0) is 45.2 Å². The zero-order valence-electron chi connectivity index (χ0n) is 16.4. The van der Waals surface area contributed by atoms with Gasteiger partial charge in [0.2, 0.25) is 5.91 Å². The third-order valence-electron chi connectivity index (χ3n) is 6.18. The fourth-order valence-electron chi connectivity index (χ4n) is 4.65. The summed E-state index contributed by atoms with van der Waals surface area (Å²) in [5, 5.41) is 7.02. The molecule has 150 valence electrons. The Kier molecular flexibility index (Phi) is 8.93. The summed E-state index contributed by atoms with van der Waals surface area (Å²) in [7, 11) is 1.83. The molecule has 3 rings (SSSR count). The number of guanidine groups is 1. The molecule has 7 heteroatoms. The average molecular weight is 477 g/mol. The number of hydrogen-bond acceptors (Lipinski definition) is 3. The van der Waals surface area contributed by atoms with Crippen molar-refractivity contribution in [3.05, 3.63) is 0 Å². The van der Waals surface area contributed by atoms with E-state index in [1.807, 2.05) is 7.05 Å². The van der Waals surface area contributed by atoms with Crippen LogP contribution in [0.25, 0.3) is 0 Å². The number of rotatable bonds is 5. The van der Waals surface area contributed by atoms with Crippen LogP contribution < -0.4 is 10.6 Å². The largest absolute Gasteiger partial charge is 0.355 e. The van der Waals surface area contributed by atoms with E-state index in [9.17, 15) is 4.79 Å². The van der Waals surface area contributed by atoms with Crippen molar-refractivity contribution in [1.82, 2.24) is 20.4 Å². The van der Waals surface area contributed by atoms with Crippen molar-refractivity contribution in [3.8, 4) is 0 Å². The Morgan fingerprint density at radius 2 is 1.88 bits per heavy atom. The predicted molar refractivity (Wildman–Crippen MR) is 117 cm³/mol. The first-order valence-corrected chi connectivity index (χ1v) is 10.2. The molecule has 0 radical (unpaired) electrons. The number of likely N-dealkylation sites (N-methyl/N-ethyl adjacent to an activating group) is 1. The first-order chi connectivity index (χ1) is 12.2. The van der Waals surface area contributed by atoms with Gasteiger partial charge in [-0.3, -0.25) is 14.7 Å². The lowest BCUT2D eigenvalue weighted by atomic mass is 10.1. The Morgan fingerprint density at radius 3 is 2.58 bits per heavy atom. The Bertz CT molecular complexity index is 481. The number of nitrogens with zero attached hydrogens (tertiary/aromatic N) is 3. The molecular formula is C19H36IN5O. The van der Waals surface area contributed by atoms with Crippen LogP contribution in [0.15, 0.2) is 4.99 Å². The monoisotopic (exact) mass is 477 g/mol. The molecule has 2 heterocycles. The summed E-state index contributed by atoms with van der Waals surface area (Å²) in [4.78, 5) is 21.6. The van der Waals surface area contributed by atoms with Gasteiger partial charge in [-0.15, -0.1) is 24.0 Å². The maximum absolute atomic E-state index is 12.6. The fraction of sp³-hybridized carbons (Fsp3) is 0.895. The average Bonchev–Trinajstić information content (AvgIpc) is 3.39. The lowest BCUT2D eigenvalue weighted by Crippen LogP contribution is -2.48. The quantitative estimate of drug-likeness (QED) is 0.362. The molecule has 0 spiro atoms. The summed E-state index contributed by atoms with van der Waals surface area (Å²) in [6, 6.07) is 0.940. The summed E-state index contributed by atoms with van der Waals surface area (Å²) < 4.78 is 0. The Labute approximate surface area is 175 Å². The zero-order chi connectivity index (χ0) is 17.6. The van der Waals surface area contributed by atoms with Gasteiger partial charge in [0, 0.05) is 44.7 Å². The van der Waals surface area contributed by atoms with E-state index in [1.54, 1.807) is 0 Å². The van der Waals surface area contributed by atoms with E-state index in [1.165, 1.54) is 32.2 Å². The second kappa shape index (κ2) is 10.7. The highest BCUT2D eigenvalue weighted by Crippen LogP contribution is 2.27. The number of halogens is 1. The highest BCUT2D eigenvalue weighted by Gasteiger charge is 2.32. The van der Waals surface area contributed by atoms with Crippen LogP contribution in [0.4, 0.5) is 0 Å². The molecule has 2 unspecified atom stereocenters. The van der Waals surface area contributed by atoms with Gasteiger partial charge in [-0.25, -0.2) is 0 Å². The Morgan fingerprint density at radius 1 is 1.12 bits per heavy atom. The van der Waals surface area contributed by atoms with Gasteiger partial charge in [0.1, 0.15) is 0 Å². The van der Waals surface area contributed by atoms with Crippen molar-refractivity contribution in [2.75, 3.05) is 39.8 Å². The second-order valence-electron chi connectivity index (χ2n) is 7.77. The third kappa shape index (κ3) is 5.47. The van der Waals surface area contributed by atoms with Crippen molar-refractivity contribution < 1.29 is 4.79 Å². The normalized spacial score (nSPS) is 27.6. The molecule has 0 aromatic heterocycles. The number of carbonyl (C=O) groups is 1. The van der Waals surface area contributed by atoms with E-state index >= 15 is 0 Å². The van der Waals surface area contributed by atoms with Gasteiger partial charge >= 0.3 is 0 Å². The van der Waals surface area contributed by atoms with Crippen LogP contribution in [-0.2, 0) is 4.79 Å². The molecule has 2 N–H and O–H groups in total. The molecule has 3 aliphatic rings. The maximum Gasteiger partial charge on any atom is 0.225 e. The van der Waals surface area contributed by atoms with Crippen LogP contribution in [-0.4, -0.2) is 73.5 Å². The standard InChI is InChI=1S/C19H35N5O.HI/c1-3-23-11-6-9-17(23)13-21-19(20-2)22-16-10-12-24(14-16)18(25)15-7-4-5-8-15;/h15-17H,3-14H2,1-2H3,(H2,20,21,22);1H. The number of hydrogen-bond donors (Lipinski definition) is 2. The minimum atomic E-state index is 0. The van der Waals surface area contributed by atoms with Crippen molar-refractivity contribution >= 4 is 35.8 Å². The predicted octanol–water partition coefficient (Wildman–Crippen LogP) is 2.04. The smallest absolute Gasteiger partial charge is 0.225 e. The summed E-state index contributed by atoms with van der Waals surface area (Å²) in [6.07, 6.45) is 8.20. The van der Waals surface area contributed by atoms with Crippen LogP contribution in [0.5, 0.6) is 0 Å². The minimum Gasteiger partial charge on any atom is -0.355 e. The SMILES string of the molecule is CCN1CCCC1CNC(=NC)NC1CCN(C(=O)C2CCCC2)C1.I. The lowest BCUT2D eigenvalue weighted by Gasteiger charge is -2.25.